The molecule has 0 spiro atoms. The van der Waals surface area contributed by atoms with E-state index in [0.717, 1.165) is 36.4 Å². The zero-order valence-corrected chi connectivity index (χ0v) is 14.9. The molecule has 0 aromatic heterocycles. The summed E-state index contributed by atoms with van der Waals surface area (Å²) in [6.45, 7) is 0. The number of hydrogen-bond acceptors (Lipinski definition) is 4. The smallest absolute Gasteiger partial charge is 0.383 e. The van der Waals surface area contributed by atoms with Gasteiger partial charge in [0, 0.05) is 18.2 Å². The van der Waals surface area contributed by atoms with Crippen molar-refractivity contribution in [2.45, 2.75) is 0 Å². The lowest BCUT2D eigenvalue weighted by Gasteiger charge is -2.20. The van der Waals surface area contributed by atoms with Crippen LogP contribution in [0.15, 0.2) is 54.6 Å². The van der Waals surface area contributed by atoms with Gasteiger partial charge in [-0.2, -0.15) is 4.57 Å². The molecule has 11 heteroatoms. The summed E-state index contributed by atoms with van der Waals surface area (Å²) in [5.41, 5.74) is 0. The van der Waals surface area contributed by atoms with Gasteiger partial charge in [-0.1, -0.05) is 0 Å². The Morgan fingerprint density at radius 2 is 0.793 bits per heavy atom. The number of rotatable bonds is 6. The minimum atomic E-state index is -5.10. The molecule has 29 heavy (non-hydrogen) atoms. The predicted octanol–water partition coefficient (Wildman–Crippen LogP) is 6.17. The highest BCUT2D eigenvalue weighted by Crippen LogP contribution is 2.51. The van der Waals surface area contributed by atoms with Crippen molar-refractivity contribution in [3.63, 3.8) is 0 Å². The van der Waals surface area contributed by atoms with E-state index in [1.807, 2.05) is 0 Å². The van der Waals surface area contributed by atoms with Gasteiger partial charge < -0.3 is 13.6 Å². The summed E-state index contributed by atoms with van der Waals surface area (Å²) in [6.07, 6.45) is 0. The van der Waals surface area contributed by atoms with Gasteiger partial charge in [-0.3, -0.25) is 0 Å². The topological polar surface area (TPSA) is 44.8 Å². The van der Waals surface area contributed by atoms with Crippen LogP contribution in [0.5, 0.6) is 17.2 Å². The van der Waals surface area contributed by atoms with Crippen molar-refractivity contribution in [2.24, 2.45) is 0 Å². The number of phosphoric acid groups is 1. The van der Waals surface area contributed by atoms with Crippen molar-refractivity contribution >= 4 is 7.82 Å². The third kappa shape index (κ3) is 5.03. The van der Waals surface area contributed by atoms with Gasteiger partial charge in [0.2, 0.25) is 0 Å². The maximum Gasteiger partial charge on any atom is 0.647 e. The van der Waals surface area contributed by atoms with E-state index in [1.165, 1.54) is 0 Å². The molecule has 0 saturated carbocycles. The van der Waals surface area contributed by atoms with E-state index in [2.05, 4.69) is 0 Å². The van der Waals surface area contributed by atoms with E-state index in [4.69, 9.17) is 13.6 Å². The Morgan fingerprint density at radius 1 is 0.517 bits per heavy atom. The molecule has 3 rings (SSSR count). The van der Waals surface area contributed by atoms with Crippen LogP contribution >= 0.6 is 7.82 Å². The fourth-order valence-corrected chi connectivity index (χ4v) is 3.34. The summed E-state index contributed by atoms with van der Waals surface area (Å²) in [6, 6.07) is 5.59. The van der Waals surface area contributed by atoms with Gasteiger partial charge in [0.05, 0.1) is 0 Å². The van der Waals surface area contributed by atoms with Gasteiger partial charge >= 0.3 is 7.82 Å². The second kappa shape index (κ2) is 8.08. The molecule has 0 saturated heterocycles. The average molecular weight is 434 g/mol. The van der Waals surface area contributed by atoms with Crippen LogP contribution in [-0.2, 0) is 4.57 Å². The number of hydrogen-bond donors (Lipinski definition) is 0. The van der Waals surface area contributed by atoms with Gasteiger partial charge in [0.25, 0.3) is 0 Å². The van der Waals surface area contributed by atoms with Crippen LogP contribution in [0.1, 0.15) is 0 Å². The van der Waals surface area contributed by atoms with E-state index in [1.54, 1.807) is 0 Å². The predicted molar refractivity (Wildman–Crippen MR) is 88.6 cm³/mol. The zero-order valence-electron chi connectivity index (χ0n) is 14.0. The molecule has 0 radical (unpaired) electrons. The molecular formula is C18H9F6O4P. The molecule has 0 atom stereocenters. The molecule has 0 bridgehead atoms. The Bertz CT molecular complexity index is 971. The Kier molecular flexibility index (Phi) is 5.74. The van der Waals surface area contributed by atoms with Gasteiger partial charge in [-0.25, -0.2) is 26.3 Å². The van der Waals surface area contributed by atoms with E-state index >= 15 is 0 Å². The summed E-state index contributed by atoms with van der Waals surface area (Å²) in [5.74, 6) is -9.42. The summed E-state index contributed by atoms with van der Waals surface area (Å²) in [5, 5.41) is 0. The Hall–Kier alpha value is -3.13. The molecule has 0 unspecified atom stereocenters. The van der Waals surface area contributed by atoms with Crippen molar-refractivity contribution in [1.29, 1.82) is 0 Å². The van der Waals surface area contributed by atoms with Crippen LogP contribution in [0.3, 0.4) is 0 Å². The quantitative estimate of drug-likeness (QED) is 0.344. The zero-order chi connectivity index (χ0) is 21.2. The van der Waals surface area contributed by atoms with Crippen molar-refractivity contribution in [2.75, 3.05) is 0 Å². The molecule has 0 aliphatic carbocycles. The number of phosphoric ester groups is 1. The van der Waals surface area contributed by atoms with E-state index < -0.39 is 60.0 Å². The maximum atomic E-state index is 13.9. The highest BCUT2D eigenvalue weighted by atomic mass is 31.2. The first-order valence-corrected chi connectivity index (χ1v) is 9.15. The highest BCUT2D eigenvalue weighted by molar-refractivity contribution is 7.49. The van der Waals surface area contributed by atoms with Crippen molar-refractivity contribution in [1.82, 2.24) is 0 Å². The second-order valence-corrected chi connectivity index (χ2v) is 6.89. The Balaban J connectivity index is 2.00. The van der Waals surface area contributed by atoms with Crippen LogP contribution in [0.4, 0.5) is 26.3 Å². The first kappa shape index (κ1) is 20.6. The van der Waals surface area contributed by atoms with Crippen LogP contribution in [0.25, 0.3) is 0 Å². The Labute approximate surface area is 159 Å². The standard InChI is InChI=1S/C18H9F6O4P/c19-10-1-4-16(13(22)7-10)26-29(25,27-17-5-2-11(20)8-14(17)23)28-18-6-3-12(21)9-15(18)24/h1-9H. The van der Waals surface area contributed by atoms with E-state index in [9.17, 15) is 30.9 Å². The van der Waals surface area contributed by atoms with Gasteiger partial charge in [0.15, 0.2) is 34.7 Å². The van der Waals surface area contributed by atoms with Crippen LogP contribution in [0.2, 0.25) is 0 Å². The summed E-state index contributed by atoms with van der Waals surface area (Å²) in [4.78, 5) is 0. The number of benzene rings is 3. The van der Waals surface area contributed by atoms with Gasteiger partial charge in [0.1, 0.15) is 17.5 Å². The average Bonchev–Trinajstić information content (AvgIpc) is 2.63. The summed E-state index contributed by atoms with van der Waals surface area (Å²) in [7, 11) is -5.10. The minimum Gasteiger partial charge on any atom is -0.383 e. The molecule has 0 N–H and O–H groups in total. The van der Waals surface area contributed by atoms with Crippen LogP contribution < -0.4 is 13.6 Å². The lowest BCUT2D eigenvalue weighted by molar-refractivity contribution is 0.282. The molecule has 0 aliphatic heterocycles. The first-order valence-electron chi connectivity index (χ1n) is 7.69. The molecule has 0 heterocycles. The minimum absolute atomic E-state index is 0.386. The largest absolute Gasteiger partial charge is 0.647 e. The lowest BCUT2D eigenvalue weighted by Crippen LogP contribution is -2.10. The van der Waals surface area contributed by atoms with Gasteiger partial charge in [-0.05, 0) is 36.4 Å². The molecule has 0 aliphatic rings. The monoisotopic (exact) mass is 434 g/mol. The lowest BCUT2D eigenvalue weighted by atomic mass is 10.3. The van der Waals surface area contributed by atoms with Crippen molar-refractivity contribution in [3.8, 4) is 17.2 Å². The first-order chi connectivity index (χ1) is 13.6. The van der Waals surface area contributed by atoms with Crippen LogP contribution in [-0.4, -0.2) is 0 Å². The molecule has 152 valence electrons. The van der Waals surface area contributed by atoms with Gasteiger partial charge in [-0.15, -0.1) is 0 Å². The highest BCUT2D eigenvalue weighted by Gasteiger charge is 2.36. The SMILES string of the molecule is O=P(Oc1ccc(F)cc1F)(Oc1ccc(F)cc1F)Oc1ccc(F)cc1F. The molecule has 3 aromatic rings. The third-order valence-corrected chi connectivity index (χ3v) is 4.57. The fraction of sp³-hybridized carbons (Fsp3) is 0. The maximum absolute atomic E-state index is 13.9. The molecule has 0 amide bonds. The van der Waals surface area contributed by atoms with Crippen molar-refractivity contribution < 1.29 is 44.5 Å². The summed E-state index contributed by atoms with van der Waals surface area (Å²) < 4.78 is 108. The van der Waals surface area contributed by atoms with Crippen LogP contribution in [0, 0.1) is 34.9 Å². The molecule has 4 nitrogen and oxygen atoms in total. The third-order valence-electron chi connectivity index (χ3n) is 3.31. The molecular weight excluding hydrogens is 425 g/mol. The number of halogens is 6. The van der Waals surface area contributed by atoms with E-state index in [0.29, 0.717) is 18.2 Å². The Morgan fingerprint density at radius 3 is 1.03 bits per heavy atom. The van der Waals surface area contributed by atoms with E-state index in [-0.39, 0.29) is 0 Å². The summed E-state index contributed by atoms with van der Waals surface area (Å²) >= 11 is 0. The molecule has 0 fully saturated rings. The molecule has 3 aromatic carbocycles. The normalized spacial score (nSPS) is 11.2. The second-order valence-electron chi connectivity index (χ2n) is 5.45. The van der Waals surface area contributed by atoms with Crippen molar-refractivity contribution in [3.05, 3.63) is 89.5 Å². The fourth-order valence-electron chi connectivity index (χ4n) is 2.06.